The maximum Gasteiger partial charge on any atom is 0.191 e. The summed E-state index contributed by atoms with van der Waals surface area (Å²) in [5.74, 6) is 1.33. The van der Waals surface area contributed by atoms with Crippen molar-refractivity contribution in [3.63, 3.8) is 0 Å². The molecule has 19 heavy (non-hydrogen) atoms. The second-order valence-corrected chi connectivity index (χ2v) is 4.57. The zero-order chi connectivity index (χ0) is 13.8. The van der Waals surface area contributed by atoms with E-state index in [0.717, 1.165) is 58.3 Å². The Bertz CT molecular complexity index is 243. The van der Waals surface area contributed by atoms with Crippen LogP contribution in [0.25, 0.3) is 0 Å². The van der Waals surface area contributed by atoms with Crippen LogP contribution in [0.1, 0.15) is 19.8 Å². The summed E-state index contributed by atoms with van der Waals surface area (Å²) in [5, 5.41) is 14.9. The van der Waals surface area contributed by atoms with Crippen LogP contribution in [0.15, 0.2) is 4.99 Å². The Morgan fingerprint density at radius 2 is 2.37 bits per heavy atom. The van der Waals surface area contributed by atoms with Crippen molar-refractivity contribution in [2.24, 2.45) is 10.9 Å². The van der Waals surface area contributed by atoms with Crippen molar-refractivity contribution >= 4 is 5.96 Å². The third kappa shape index (κ3) is 8.02. The Morgan fingerprint density at radius 3 is 3.05 bits per heavy atom. The van der Waals surface area contributed by atoms with E-state index < -0.39 is 0 Å². The number of hydrogen-bond acceptors (Lipinski definition) is 4. The van der Waals surface area contributed by atoms with E-state index in [1.54, 1.807) is 0 Å². The quantitative estimate of drug-likeness (QED) is 0.313. The second-order valence-electron chi connectivity index (χ2n) is 4.57. The van der Waals surface area contributed by atoms with Crippen LogP contribution < -0.4 is 10.6 Å². The molecule has 112 valence electrons. The fourth-order valence-electron chi connectivity index (χ4n) is 1.84. The minimum absolute atomic E-state index is 0.108. The van der Waals surface area contributed by atoms with E-state index in [1.807, 2.05) is 6.92 Å². The highest BCUT2D eigenvalue weighted by Crippen LogP contribution is 2.12. The Kier molecular flexibility index (Phi) is 9.40. The molecule has 1 heterocycles. The van der Waals surface area contributed by atoms with Gasteiger partial charge in [0.1, 0.15) is 0 Å². The van der Waals surface area contributed by atoms with E-state index in [4.69, 9.17) is 14.6 Å². The number of rotatable bonds is 9. The molecule has 3 N–H and O–H groups in total. The summed E-state index contributed by atoms with van der Waals surface area (Å²) in [4.78, 5) is 4.40. The van der Waals surface area contributed by atoms with Crippen molar-refractivity contribution in [3.8, 4) is 0 Å². The van der Waals surface area contributed by atoms with Crippen molar-refractivity contribution in [1.82, 2.24) is 10.6 Å². The third-order valence-corrected chi connectivity index (χ3v) is 2.84. The molecular formula is C13H27N3O3. The van der Waals surface area contributed by atoms with Gasteiger partial charge in [-0.1, -0.05) is 0 Å². The number of guanidine groups is 1. The number of aliphatic imine (C=N–C) groups is 1. The maximum absolute atomic E-state index is 8.75. The van der Waals surface area contributed by atoms with Gasteiger partial charge in [0.05, 0.1) is 19.8 Å². The normalized spacial score (nSPS) is 19.7. The highest BCUT2D eigenvalue weighted by Gasteiger charge is 2.14. The lowest BCUT2D eigenvalue weighted by Crippen LogP contribution is -2.38. The molecule has 1 unspecified atom stereocenters. The molecule has 1 fully saturated rings. The summed E-state index contributed by atoms with van der Waals surface area (Å²) in [7, 11) is 0. The molecule has 1 saturated heterocycles. The molecule has 0 saturated carbocycles. The van der Waals surface area contributed by atoms with Crippen molar-refractivity contribution in [2.75, 3.05) is 52.7 Å². The molecule has 0 bridgehead atoms. The van der Waals surface area contributed by atoms with Crippen LogP contribution in [0.4, 0.5) is 0 Å². The van der Waals surface area contributed by atoms with Crippen molar-refractivity contribution < 1.29 is 14.6 Å². The van der Waals surface area contributed by atoms with Crippen LogP contribution in [0.5, 0.6) is 0 Å². The summed E-state index contributed by atoms with van der Waals surface area (Å²) in [6.07, 6.45) is 2.02. The molecule has 0 spiro atoms. The molecule has 6 heteroatoms. The molecule has 0 aromatic rings. The van der Waals surface area contributed by atoms with Crippen LogP contribution in [0.2, 0.25) is 0 Å². The molecule has 1 aliphatic heterocycles. The molecule has 0 radical (unpaired) electrons. The van der Waals surface area contributed by atoms with Crippen molar-refractivity contribution in [1.29, 1.82) is 0 Å². The standard InChI is InChI=1S/C13H27N3O3/c1-2-14-13(16-6-7-17)15-5-3-8-18-10-12-4-9-19-11-12/h12,17H,2-11H2,1H3,(H2,14,15,16). The smallest absolute Gasteiger partial charge is 0.191 e. The predicted octanol–water partition coefficient (Wildman–Crippen LogP) is -0.0230. The Labute approximate surface area is 115 Å². The van der Waals surface area contributed by atoms with Gasteiger partial charge in [0.15, 0.2) is 5.96 Å². The molecule has 1 atom stereocenters. The summed E-state index contributed by atoms with van der Waals surface area (Å²) in [6.45, 7) is 7.43. The van der Waals surface area contributed by atoms with Gasteiger partial charge in [0.25, 0.3) is 0 Å². The van der Waals surface area contributed by atoms with E-state index in [2.05, 4.69) is 15.6 Å². The number of ether oxygens (including phenoxy) is 2. The summed E-state index contributed by atoms with van der Waals surface area (Å²) < 4.78 is 10.9. The number of nitrogens with zero attached hydrogens (tertiary/aromatic N) is 1. The Balaban J connectivity index is 2.02. The third-order valence-electron chi connectivity index (χ3n) is 2.84. The van der Waals surface area contributed by atoms with Gasteiger partial charge >= 0.3 is 0 Å². The highest BCUT2D eigenvalue weighted by atomic mass is 16.5. The number of nitrogens with one attached hydrogen (secondary N) is 2. The first kappa shape index (κ1) is 16.2. The first-order valence-corrected chi connectivity index (χ1v) is 7.15. The largest absolute Gasteiger partial charge is 0.395 e. The zero-order valence-corrected chi connectivity index (χ0v) is 11.9. The minimum atomic E-state index is 0.108. The van der Waals surface area contributed by atoms with Crippen LogP contribution in [0.3, 0.4) is 0 Å². The molecule has 1 rings (SSSR count). The molecule has 1 aliphatic rings. The zero-order valence-electron chi connectivity index (χ0n) is 11.9. The Morgan fingerprint density at radius 1 is 1.47 bits per heavy atom. The lowest BCUT2D eigenvalue weighted by Gasteiger charge is -2.10. The first-order chi connectivity index (χ1) is 9.36. The maximum atomic E-state index is 8.75. The van der Waals surface area contributed by atoms with E-state index in [9.17, 15) is 0 Å². The van der Waals surface area contributed by atoms with Gasteiger partial charge in [0, 0.05) is 38.8 Å². The molecule has 0 aliphatic carbocycles. The molecule has 0 aromatic carbocycles. The van der Waals surface area contributed by atoms with Gasteiger partial charge in [0.2, 0.25) is 0 Å². The predicted molar refractivity (Wildman–Crippen MR) is 75.4 cm³/mol. The number of aliphatic hydroxyl groups is 1. The van der Waals surface area contributed by atoms with Crippen LogP contribution in [-0.2, 0) is 9.47 Å². The van der Waals surface area contributed by atoms with Crippen molar-refractivity contribution in [2.45, 2.75) is 19.8 Å². The SMILES string of the molecule is CCNC(=NCCCOCC1CCOC1)NCCO. The van der Waals surface area contributed by atoms with E-state index >= 15 is 0 Å². The van der Waals surface area contributed by atoms with Crippen LogP contribution >= 0.6 is 0 Å². The van der Waals surface area contributed by atoms with E-state index in [-0.39, 0.29) is 6.61 Å². The fraction of sp³-hybridized carbons (Fsp3) is 0.923. The lowest BCUT2D eigenvalue weighted by atomic mass is 10.1. The van der Waals surface area contributed by atoms with E-state index in [0.29, 0.717) is 12.5 Å². The fourth-order valence-corrected chi connectivity index (χ4v) is 1.84. The molecule has 0 amide bonds. The molecule has 0 aromatic heterocycles. The summed E-state index contributed by atoms with van der Waals surface area (Å²) in [5.41, 5.74) is 0. The van der Waals surface area contributed by atoms with Gasteiger partial charge in [-0.25, -0.2) is 0 Å². The topological polar surface area (TPSA) is 75.1 Å². The minimum Gasteiger partial charge on any atom is -0.395 e. The summed E-state index contributed by atoms with van der Waals surface area (Å²) in [6, 6.07) is 0. The van der Waals surface area contributed by atoms with Gasteiger partial charge in [-0.15, -0.1) is 0 Å². The van der Waals surface area contributed by atoms with Gasteiger partial charge in [-0.2, -0.15) is 0 Å². The van der Waals surface area contributed by atoms with Crippen LogP contribution in [0, 0.1) is 5.92 Å². The Hall–Kier alpha value is -0.850. The van der Waals surface area contributed by atoms with Gasteiger partial charge < -0.3 is 25.2 Å². The average Bonchev–Trinajstić information content (AvgIpc) is 2.93. The van der Waals surface area contributed by atoms with E-state index in [1.165, 1.54) is 0 Å². The first-order valence-electron chi connectivity index (χ1n) is 7.15. The molecule has 6 nitrogen and oxygen atoms in total. The second kappa shape index (κ2) is 11.0. The van der Waals surface area contributed by atoms with Gasteiger partial charge in [-0.3, -0.25) is 4.99 Å². The van der Waals surface area contributed by atoms with Gasteiger partial charge in [-0.05, 0) is 19.8 Å². The summed E-state index contributed by atoms with van der Waals surface area (Å²) >= 11 is 0. The number of aliphatic hydroxyl groups excluding tert-OH is 1. The molecular weight excluding hydrogens is 246 g/mol. The highest BCUT2D eigenvalue weighted by molar-refractivity contribution is 5.79. The van der Waals surface area contributed by atoms with Crippen molar-refractivity contribution in [3.05, 3.63) is 0 Å². The van der Waals surface area contributed by atoms with Crippen LogP contribution in [-0.4, -0.2) is 63.7 Å². The number of hydrogen-bond donors (Lipinski definition) is 3. The lowest BCUT2D eigenvalue weighted by molar-refractivity contribution is 0.0893. The average molecular weight is 273 g/mol. The monoisotopic (exact) mass is 273 g/mol.